The maximum atomic E-state index is 12.0. The van der Waals surface area contributed by atoms with Crippen molar-refractivity contribution in [3.05, 3.63) is 16.1 Å². The van der Waals surface area contributed by atoms with Crippen molar-refractivity contribution in [2.45, 2.75) is 46.2 Å². The lowest BCUT2D eigenvalue weighted by Gasteiger charge is -2.26. The van der Waals surface area contributed by atoms with Crippen molar-refractivity contribution < 1.29 is 4.79 Å². The van der Waals surface area contributed by atoms with Gasteiger partial charge >= 0.3 is 0 Å². The first-order valence-corrected chi connectivity index (χ1v) is 6.62. The molecule has 0 saturated carbocycles. The quantitative estimate of drug-likeness (QED) is 0.862. The van der Waals surface area contributed by atoms with Crippen LogP contribution in [-0.2, 0) is 10.3 Å². The van der Waals surface area contributed by atoms with Crippen LogP contribution in [0, 0.1) is 12.8 Å². The molecule has 0 aliphatic carbocycles. The Labute approximate surface area is 107 Å². The molecule has 0 aromatic carbocycles. The van der Waals surface area contributed by atoms with Gasteiger partial charge in [0.15, 0.2) is 0 Å². The van der Waals surface area contributed by atoms with E-state index in [1.54, 1.807) is 11.3 Å². The van der Waals surface area contributed by atoms with Crippen molar-refractivity contribution in [3.63, 3.8) is 0 Å². The average molecular weight is 255 g/mol. The predicted molar refractivity (Wildman–Crippen MR) is 70.8 cm³/mol. The molecule has 1 aromatic rings. The molecule has 0 saturated heterocycles. The second-order valence-electron chi connectivity index (χ2n) is 5.06. The van der Waals surface area contributed by atoms with E-state index in [2.05, 4.69) is 10.3 Å². The van der Waals surface area contributed by atoms with E-state index in [9.17, 15) is 4.79 Å². The molecule has 5 heteroatoms. The van der Waals surface area contributed by atoms with Crippen molar-refractivity contribution >= 4 is 17.2 Å². The Kier molecular flexibility index (Phi) is 4.27. The fourth-order valence-corrected chi connectivity index (χ4v) is 2.23. The van der Waals surface area contributed by atoms with E-state index in [1.165, 1.54) is 0 Å². The van der Waals surface area contributed by atoms with Gasteiger partial charge in [0, 0.05) is 23.0 Å². The van der Waals surface area contributed by atoms with E-state index in [-0.39, 0.29) is 17.9 Å². The lowest BCUT2D eigenvalue weighted by atomic mass is 10.0. The first-order valence-electron chi connectivity index (χ1n) is 5.74. The summed E-state index contributed by atoms with van der Waals surface area (Å²) in [6.07, 6.45) is 0. The third-order valence-corrected chi connectivity index (χ3v) is 4.08. The van der Waals surface area contributed by atoms with Crippen LogP contribution in [0.2, 0.25) is 0 Å². The molecule has 1 rings (SSSR count). The number of nitrogens with two attached hydrogens (primary N) is 1. The molecule has 4 nitrogen and oxygen atoms in total. The van der Waals surface area contributed by atoms with Gasteiger partial charge in [-0.3, -0.25) is 4.79 Å². The van der Waals surface area contributed by atoms with E-state index in [0.717, 1.165) is 10.7 Å². The van der Waals surface area contributed by atoms with Gasteiger partial charge in [-0.2, -0.15) is 0 Å². The number of nitrogens with one attached hydrogen (secondary N) is 1. The number of thiazole rings is 1. The first kappa shape index (κ1) is 14.1. The molecule has 3 N–H and O–H groups in total. The molecule has 0 bridgehead atoms. The van der Waals surface area contributed by atoms with E-state index in [4.69, 9.17) is 5.73 Å². The van der Waals surface area contributed by atoms with E-state index in [0.29, 0.717) is 0 Å². The van der Waals surface area contributed by atoms with Crippen LogP contribution in [0.25, 0.3) is 0 Å². The van der Waals surface area contributed by atoms with Gasteiger partial charge in [-0.25, -0.2) is 4.98 Å². The molecule has 2 unspecified atom stereocenters. The van der Waals surface area contributed by atoms with Gasteiger partial charge in [0.25, 0.3) is 0 Å². The fourth-order valence-electron chi connectivity index (χ4n) is 1.36. The normalized spacial score (nSPS) is 15.4. The second-order valence-corrected chi connectivity index (χ2v) is 5.91. The highest BCUT2D eigenvalue weighted by atomic mass is 32.1. The predicted octanol–water partition coefficient (Wildman–Crippen LogP) is 1.79. The molecule has 1 heterocycles. The number of aromatic nitrogens is 1. The van der Waals surface area contributed by atoms with Crippen LogP contribution in [0.3, 0.4) is 0 Å². The number of carbonyl (C=O) groups is 1. The van der Waals surface area contributed by atoms with Crippen molar-refractivity contribution in [1.29, 1.82) is 0 Å². The van der Waals surface area contributed by atoms with Crippen molar-refractivity contribution in [2.75, 3.05) is 0 Å². The standard InChI is InChI=1S/C12H21N3OS/c1-7-6-17-11(14-7)12(4,5)15-10(16)8(2)9(3)13/h6,8-9H,13H2,1-5H3,(H,15,16). The van der Waals surface area contributed by atoms with Crippen molar-refractivity contribution in [2.24, 2.45) is 11.7 Å². The Hall–Kier alpha value is -0.940. The second kappa shape index (κ2) is 5.14. The molecule has 17 heavy (non-hydrogen) atoms. The summed E-state index contributed by atoms with van der Waals surface area (Å²) in [7, 11) is 0. The van der Waals surface area contributed by atoms with Gasteiger partial charge < -0.3 is 11.1 Å². The zero-order chi connectivity index (χ0) is 13.2. The Morgan fingerprint density at radius 2 is 2.12 bits per heavy atom. The SMILES string of the molecule is Cc1csc(C(C)(C)NC(=O)C(C)C(C)N)n1. The number of hydrogen-bond donors (Lipinski definition) is 2. The number of rotatable bonds is 4. The maximum Gasteiger partial charge on any atom is 0.225 e. The van der Waals surface area contributed by atoms with Crippen molar-refractivity contribution in [3.8, 4) is 0 Å². The first-order chi connectivity index (χ1) is 7.74. The van der Waals surface area contributed by atoms with Crippen LogP contribution in [0.4, 0.5) is 0 Å². The molecule has 1 amide bonds. The van der Waals surface area contributed by atoms with Crippen molar-refractivity contribution in [1.82, 2.24) is 10.3 Å². The molecule has 0 radical (unpaired) electrons. The van der Waals surface area contributed by atoms with Crippen LogP contribution in [0.5, 0.6) is 0 Å². The van der Waals surface area contributed by atoms with Gasteiger partial charge in [-0.15, -0.1) is 11.3 Å². The molecule has 96 valence electrons. The van der Waals surface area contributed by atoms with Gasteiger partial charge in [0.1, 0.15) is 5.01 Å². The summed E-state index contributed by atoms with van der Waals surface area (Å²) < 4.78 is 0. The van der Waals surface area contributed by atoms with Gasteiger partial charge in [0.2, 0.25) is 5.91 Å². The van der Waals surface area contributed by atoms with Gasteiger partial charge in [-0.1, -0.05) is 6.92 Å². The molecule has 0 spiro atoms. The molecular formula is C12H21N3OS. The third kappa shape index (κ3) is 3.51. The van der Waals surface area contributed by atoms with E-state index < -0.39 is 5.54 Å². The van der Waals surface area contributed by atoms with Gasteiger partial charge in [0.05, 0.1) is 5.54 Å². The largest absolute Gasteiger partial charge is 0.344 e. The highest BCUT2D eigenvalue weighted by Crippen LogP contribution is 2.24. The van der Waals surface area contributed by atoms with Crippen LogP contribution in [0.1, 0.15) is 38.4 Å². The number of carbonyl (C=O) groups excluding carboxylic acids is 1. The monoisotopic (exact) mass is 255 g/mol. The van der Waals surface area contributed by atoms with Crippen LogP contribution in [0.15, 0.2) is 5.38 Å². The molecule has 0 aliphatic heterocycles. The molecule has 0 fully saturated rings. The highest BCUT2D eigenvalue weighted by Gasteiger charge is 2.28. The zero-order valence-electron chi connectivity index (χ0n) is 11.1. The Balaban J connectivity index is 2.76. The maximum absolute atomic E-state index is 12.0. The summed E-state index contributed by atoms with van der Waals surface area (Å²) in [6, 6.07) is -0.149. The number of aryl methyl sites for hydroxylation is 1. The topological polar surface area (TPSA) is 68.0 Å². The summed E-state index contributed by atoms with van der Waals surface area (Å²) in [4.78, 5) is 16.4. The average Bonchev–Trinajstić information content (AvgIpc) is 2.63. The summed E-state index contributed by atoms with van der Waals surface area (Å²) in [6.45, 7) is 9.53. The number of nitrogens with zero attached hydrogens (tertiary/aromatic N) is 1. The van der Waals surface area contributed by atoms with Crippen LogP contribution >= 0.6 is 11.3 Å². The summed E-state index contributed by atoms with van der Waals surface area (Å²) in [5.74, 6) is -0.229. The lowest BCUT2D eigenvalue weighted by molar-refractivity contribution is -0.126. The Bertz CT molecular complexity index is 398. The molecule has 0 aliphatic rings. The molecular weight excluding hydrogens is 234 g/mol. The number of amides is 1. The molecule has 2 atom stereocenters. The lowest BCUT2D eigenvalue weighted by Crippen LogP contribution is -2.47. The minimum absolute atomic E-state index is 0.0298. The summed E-state index contributed by atoms with van der Waals surface area (Å²) in [5, 5.41) is 5.90. The van der Waals surface area contributed by atoms with E-state index >= 15 is 0 Å². The minimum Gasteiger partial charge on any atom is -0.344 e. The Morgan fingerprint density at radius 3 is 2.53 bits per heavy atom. The van der Waals surface area contributed by atoms with Crippen LogP contribution < -0.4 is 11.1 Å². The summed E-state index contributed by atoms with van der Waals surface area (Å²) in [5.41, 5.74) is 6.26. The van der Waals surface area contributed by atoms with E-state index in [1.807, 2.05) is 40.0 Å². The smallest absolute Gasteiger partial charge is 0.225 e. The fraction of sp³-hybridized carbons (Fsp3) is 0.667. The molecule has 1 aromatic heterocycles. The third-order valence-electron chi connectivity index (χ3n) is 2.79. The van der Waals surface area contributed by atoms with Gasteiger partial charge in [-0.05, 0) is 27.7 Å². The van der Waals surface area contributed by atoms with Crippen LogP contribution in [-0.4, -0.2) is 16.9 Å². The minimum atomic E-state index is -0.445. The Morgan fingerprint density at radius 1 is 1.53 bits per heavy atom. The highest BCUT2D eigenvalue weighted by molar-refractivity contribution is 7.09. The summed E-state index contributed by atoms with van der Waals surface area (Å²) >= 11 is 1.56. The number of hydrogen-bond acceptors (Lipinski definition) is 4. The zero-order valence-corrected chi connectivity index (χ0v) is 11.9.